The fourth-order valence-electron chi connectivity index (χ4n) is 5.03. The van der Waals surface area contributed by atoms with Gasteiger partial charge in [0.2, 0.25) is 0 Å². The molecule has 5 heteroatoms. The summed E-state index contributed by atoms with van der Waals surface area (Å²) < 4.78 is 10.7. The molecule has 1 fully saturated rings. The third-order valence-electron chi connectivity index (χ3n) is 6.92. The standard InChI is InChI=1S/C30H30N2O3/c1-20-7-11-23(12-8-20)30(33)32-29(22-13-17-26(35-3)18-14-22)27-6-4-5-24(28(27)31-32)19-21-9-15-25(34-2)16-10-21/h7-19,27,29H,4-6H2,1-3H3/b24-19+/t27-,29-/m0/s1. The zero-order chi connectivity index (χ0) is 24.4. The highest BCUT2D eigenvalue weighted by atomic mass is 16.5. The Morgan fingerprint density at radius 1 is 0.914 bits per heavy atom. The first kappa shape index (κ1) is 22.9. The van der Waals surface area contributed by atoms with Crippen LogP contribution >= 0.6 is 0 Å². The van der Waals surface area contributed by atoms with Crippen LogP contribution in [-0.2, 0) is 0 Å². The summed E-state index contributed by atoms with van der Waals surface area (Å²) >= 11 is 0. The number of nitrogens with zero attached hydrogens (tertiary/aromatic N) is 2. The number of hydrogen-bond donors (Lipinski definition) is 0. The summed E-state index contributed by atoms with van der Waals surface area (Å²) in [6.45, 7) is 2.02. The highest BCUT2D eigenvalue weighted by Gasteiger charge is 2.43. The molecule has 0 aromatic heterocycles. The van der Waals surface area contributed by atoms with Crippen LogP contribution in [0.2, 0.25) is 0 Å². The second kappa shape index (κ2) is 9.79. The molecule has 5 rings (SSSR count). The van der Waals surface area contributed by atoms with Gasteiger partial charge in [0.05, 0.1) is 26.0 Å². The van der Waals surface area contributed by atoms with E-state index in [0.717, 1.165) is 53.2 Å². The van der Waals surface area contributed by atoms with Crippen molar-refractivity contribution in [2.45, 2.75) is 32.2 Å². The van der Waals surface area contributed by atoms with E-state index in [9.17, 15) is 4.79 Å². The van der Waals surface area contributed by atoms with Crippen LogP contribution in [0.1, 0.15) is 52.4 Å². The molecule has 2 aliphatic rings. The normalized spacial score (nSPS) is 20.4. The van der Waals surface area contributed by atoms with Gasteiger partial charge in [0.1, 0.15) is 11.5 Å². The smallest absolute Gasteiger partial charge is 0.274 e. The van der Waals surface area contributed by atoms with Crippen molar-refractivity contribution in [3.8, 4) is 11.5 Å². The van der Waals surface area contributed by atoms with E-state index in [1.54, 1.807) is 19.2 Å². The van der Waals surface area contributed by atoms with Gasteiger partial charge < -0.3 is 9.47 Å². The first-order valence-corrected chi connectivity index (χ1v) is 12.0. The molecule has 0 N–H and O–H groups in total. The second-order valence-corrected chi connectivity index (χ2v) is 9.16. The van der Waals surface area contributed by atoms with Crippen LogP contribution < -0.4 is 9.47 Å². The number of carbonyl (C=O) groups is 1. The van der Waals surface area contributed by atoms with E-state index in [-0.39, 0.29) is 17.9 Å². The Morgan fingerprint density at radius 2 is 1.54 bits per heavy atom. The minimum atomic E-state index is -0.149. The molecule has 5 nitrogen and oxygen atoms in total. The number of rotatable bonds is 5. The molecule has 178 valence electrons. The van der Waals surface area contributed by atoms with Gasteiger partial charge in [-0.1, -0.05) is 42.0 Å². The van der Waals surface area contributed by atoms with Crippen molar-refractivity contribution in [3.63, 3.8) is 0 Å². The Kier molecular flexibility index (Phi) is 6.41. The van der Waals surface area contributed by atoms with E-state index in [1.807, 2.05) is 55.5 Å². The molecule has 0 bridgehead atoms. The molecule has 0 saturated heterocycles. The lowest BCUT2D eigenvalue weighted by Gasteiger charge is -2.29. The lowest BCUT2D eigenvalue weighted by Crippen LogP contribution is -2.31. The van der Waals surface area contributed by atoms with Gasteiger partial charge in [-0.3, -0.25) is 4.79 Å². The van der Waals surface area contributed by atoms with Gasteiger partial charge in [0.25, 0.3) is 5.91 Å². The Balaban J connectivity index is 1.55. The molecule has 35 heavy (non-hydrogen) atoms. The van der Waals surface area contributed by atoms with E-state index >= 15 is 0 Å². The van der Waals surface area contributed by atoms with Crippen molar-refractivity contribution < 1.29 is 14.3 Å². The highest BCUT2D eigenvalue weighted by Crippen LogP contribution is 2.45. The number of allylic oxidation sites excluding steroid dienone is 1. The van der Waals surface area contributed by atoms with Crippen LogP contribution in [0.4, 0.5) is 0 Å². The maximum absolute atomic E-state index is 13.7. The zero-order valence-corrected chi connectivity index (χ0v) is 20.4. The monoisotopic (exact) mass is 466 g/mol. The lowest BCUT2D eigenvalue weighted by molar-refractivity contribution is 0.0681. The average Bonchev–Trinajstić information content (AvgIpc) is 3.30. The Hall–Kier alpha value is -3.86. The average molecular weight is 467 g/mol. The molecule has 0 radical (unpaired) electrons. The van der Waals surface area contributed by atoms with Crippen molar-refractivity contribution in [2.75, 3.05) is 14.2 Å². The molecule has 0 unspecified atom stereocenters. The van der Waals surface area contributed by atoms with E-state index in [1.165, 1.54) is 5.57 Å². The summed E-state index contributed by atoms with van der Waals surface area (Å²) in [5.41, 5.74) is 6.17. The quantitative estimate of drug-likeness (QED) is 0.434. The first-order chi connectivity index (χ1) is 17.1. The molecular weight excluding hydrogens is 436 g/mol. The first-order valence-electron chi connectivity index (χ1n) is 12.0. The summed E-state index contributed by atoms with van der Waals surface area (Å²) in [4.78, 5) is 13.7. The summed E-state index contributed by atoms with van der Waals surface area (Å²) in [5.74, 6) is 1.71. The van der Waals surface area contributed by atoms with Crippen LogP contribution in [0.25, 0.3) is 6.08 Å². The minimum Gasteiger partial charge on any atom is -0.497 e. The highest BCUT2D eigenvalue weighted by molar-refractivity contribution is 6.09. The van der Waals surface area contributed by atoms with Crippen molar-refractivity contribution in [2.24, 2.45) is 11.0 Å². The molecule has 1 heterocycles. The topological polar surface area (TPSA) is 51.1 Å². The fraction of sp³-hybridized carbons (Fsp3) is 0.267. The predicted molar refractivity (Wildman–Crippen MR) is 139 cm³/mol. The van der Waals surface area contributed by atoms with Gasteiger partial charge in [-0.15, -0.1) is 0 Å². The van der Waals surface area contributed by atoms with Gasteiger partial charge in [-0.2, -0.15) is 5.10 Å². The second-order valence-electron chi connectivity index (χ2n) is 9.16. The fourth-order valence-corrected chi connectivity index (χ4v) is 5.03. The van der Waals surface area contributed by atoms with Crippen molar-refractivity contribution in [1.82, 2.24) is 5.01 Å². The Labute approximate surface area is 206 Å². The number of fused-ring (bicyclic) bond motifs is 1. The van der Waals surface area contributed by atoms with Gasteiger partial charge in [-0.25, -0.2) is 5.01 Å². The molecule has 2 atom stereocenters. The summed E-state index contributed by atoms with van der Waals surface area (Å²) in [7, 11) is 3.34. The van der Waals surface area contributed by atoms with Gasteiger partial charge in [0.15, 0.2) is 0 Å². The van der Waals surface area contributed by atoms with E-state index < -0.39 is 0 Å². The third kappa shape index (κ3) is 4.59. The number of hydrazone groups is 1. The molecule has 3 aromatic carbocycles. The van der Waals surface area contributed by atoms with Crippen LogP contribution in [0.15, 0.2) is 83.5 Å². The van der Waals surface area contributed by atoms with E-state index in [4.69, 9.17) is 14.6 Å². The number of hydrogen-bond acceptors (Lipinski definition) is 4. The van der Waals surface area contributed by atoms with Crippen LogP contribution in [0, 0.1) is 12.8 Å². The van der Waals surface area contributed by atoms with E-state index in [0.29, 0.717) is 5.56 Å². The molecule has 1 aliphatic heterocycles. The minimum absolute atomic E-state index is 0.0727. The van der Waals surface area contributed by atoms with Crippen molar-refractivity contribution in [3.05, 3.63) is 101 Å². The van der Waals surface area contributed by atoms with E-state index in [2.05, 4.69) is 30.3 Å². The van der Waals surface area contributed by atoms with Crippen LogP contribution in [-0.4, -0.2) is 30.8 Å². The van der Waals surface area contributed by atoms with Gasteiger partial charge in [0, 0.05) is 11.5 Å². The SMILES string of the molecule is COc1ccc(/C=C2\CCC[C@H]3C2=NN(C(=O)c2ccc(C)cc2)[C@H]3c2ccc(OC)cc2)cc1. The van der Waals surface area contributed by atoms with Crippen LogP contribution in [0.3, 0.4) is 0 Å². The number of methoxy groups -OCH3 is 2. The number of aryl methyl sites for hydroxylation is 1. The molecule has 0 spiro atoms. The maximum atomic E-state index is 13.7. The Bertz CT molecular complexity index is 1260. The third-order valence-corrected chi connectivity index (χ3v) is 6.92. The van der Waals surface area contributed by atoms with Crippen LogP contribution in [0.5, 0.6) is 11.5 Å². The molecule has 1 aliphatic carbocycles. The summed E-state index contributed by atoms with van der Waals surface area (Å²) in [5, 5.41) is 6.70. The molecular formula is C30H30N2O3. The molecule has 3 aromatic rings. The van der Waals surface area contributed by atoms with Gasteiger partial charge in [-0.05, 0) is 85.4 Å². The van der Waals surface area contributed by atoms with Crippen molar-refractivity contribution in [1.29, 1.82) is 0 Å². The molecule has 1 amide bonds. The number of ether oxygens (including phenoxy) is 2. The number of amides is 1. The molecule has 1 saturated carbocycles. The number of benzene rings is 3. The lowest BCUT2D eigenvalue weighted by atomic mass is 9.77. The van der Waals surface area contributed by atoms with Gasteiger partial charge >= 0.3 is 0 Å². The Morgan fingerprint density at radius 3 is 2.17 bits per heavy atom. The number of carbonyl (C=O) groups excluding carboxylic acids is 1. The predicted octanol–water partition coefficient (Wildman–Crippen LogP) is 6.45. The zero-order valence-electron chi connectivity index (χ0n) is 20.4. The largest absolute Gasteiger partial charge is 0.497 e. The summed E-state index contributed by atoms with van der Waals surface area (Å²) in [6.07, 6.45) is 5.21. The van der Waals surface area contributed by atoms with Crippen molar-refractivity contribution >= 4 is 17.7 Å². The maximum Gasteiger partial charge on any atom is 0.274 e. The summed E-state index contributed by atoms with van der Waals surface area (Å²) in [6, 6.07) is 23.6.